The number of likely N-dealkylation sites (tertiary alicyclic amines) is 1. The molecule has 1 saturated heterocycles. The Bertz CT molecular complexity index is 1050. The third-order valence-electron chi connectivity index (χ3n) is 5.43. The SMILES string of the molecule is O=C(NCCc1cc2ccccc2[nH]1)C1CCCN1C(=O)c1ccccc1OC(F)F. The molecule has 0 aliphatic carbocycles. The van der Waals surface area contributed by atoms with Gasteiger partial charge in [0.05, 0.1) is 5.56 Å². The number of halogens is 2. The summed E-state index contributed by atoms with van der Waals surface area (Å²) in [6.45, 7) is -2.21. The van der Waals surface area contributed by atoms with E-state index in [2.05, 4.69) is 15.0 Å². The molecule has 0 spiro atoms. The molecule has 0 bridgehead atoms. The quantitative estimate of drug-likeness (QED) is 0.603. The first-order valence-corrected chi connectivity index (χ1v) is 10.2. The molecule has 1 unspecified atom stereocenters. The summed E-state index contributed by atoms with van der Waals surface area (Å²) in [7, 11) is 0. The van der Waals surface area contributed by atoms with E-state index >= 15 is 0 Å². The van der Waals surface area contributed by atoms with Gasteiger partial charge < -0.3 is 19.9 Å². The molecule has 2 heterocycles. The van der Waals surface area contributed by atoms with Crippen molar-refractivity contribution in [2.45, 2.75) is 31.9 Å². The summed E-state index contributed by atoms with van der Waals surface area (Å²) in [5.41, 5.74) is 2.08. The lowest BCUT2D eigenvalue weighted by Gasteiger charge is -2.25. The second kappa shape index (κ2) is 9.16. The van der Waals surface area contributed by atoms with E-state index in [-0.39, 0.29) is 17.2 Å². The van der Waals surface area contributed by atoms with E-state index in [1.165, 1.54) is 23.1 Å². The molecule has 162 valence electrons. The van der Waals surface area contributed by atoms with Gasteiger partial charge in [0.2, 0.25) is 5.91 Å². The Morgan fingerprint density at radius 3 is 2.74 bits per heavy atom. The van der Waals surface area contributed by atoms with E-state index in [1.54, 1.807) is 6.07 Å². The van der Waals surface area contributed by atoms with Crippen LogP contribution in [0.15, 0.2) is 54.6 Å². The Balaban J connectivity index is 1.38. The minimum Gasteiger partial charge on any atom is -0.434 e. The number of H-pyrrole nitrogens is 1. The molecule has 1 aromatic heterocycles. The number of aromatic amines is 1. The molecule has 31 heavy (non-hydrogen) atoms. The Morgan fingerprint density at radius 1 is 1.16 bits per heavy atom. The molecule has 1 aliphatic heterocycles. The molecule has 0 saturated carbocycles. The number of aromatic nitrogens is 1. The number of nitrogens with one attached hydrogen (secondary N) is 2. The minimum absolute atomic E-state index is 0.0283. The highest BCUT2D eigenvalue weighted by atomic mass is 19.3. The van der Waals surface area contributed by atoms with Crippen molar-refractivity contribution in [1.29, 1.82) is 0 Å². The van der Waals surface area contributed by atoms with Crippen molar-refractivity contribution in [2.75, 3.05) is 13.1 Å². The second-order valence-corrected chi connectivity index (χ2v) is 7.45. The van der Waals surface area contributed by atoms with Crippen LogP contribution in [0, 0.1) is 0 Å². The van der Waals surface area contributed by atoms with Gasteiger partial charge in [-0.1, -0.05) is 30.3 Å². The normalized spacial score (nSPS) is 16.1. The van der Waals surface area contributed by atoms with Gasteiger partial charge in [0.15, 0.2) is 0 Å². The third kappa shape index (κ3) is 4.68. The van der Waals surface area contributed by atoms with Crippen LogP contribution in [-0.4, -0.2) is 47.4 Å². The van der Waals surface area contributed by atoms with E-state index < -0.39 is 18.6 Å². The van der Waals surface area contributed by atoms with Gasteiger partial charge >= 0.3 is 6.61 Å². The zero-order chi connectivity index (χ0) is 21.8. The molecule has 1 fully saturated rings. The first-order chi connectivity index (χ1) is 15.0. The Morgan fingerprint density at radius 2 is 1.94 bits per heavy atom. The van der Waals surface area contributed by atoms with E-state index in [0.29, 0.717) is 32.4 Å². The van der Waals surface area contributed by atoms with Gasteiger partial charge in [-0.3, -0.25) is 9.59 Å². The number of fused-ring (bicyclic) bond motifs is 1. The number of para-hydroxylation sites is 2. The van der Waals surface area contributed by atoms with Gasteiger partial charge in [-0.05, 0) is 42.5 Å². The second-order valence-electron chi connectivity index (χ2n) is 7.45. The first-order valence-electron chi connectivity index (χ1n) is 10.2. The fraction of sp³-hybridized carbons (Fsp3) is 0.304. The maximum absolute atomic E-state index is 13.0. The van der Waals surface area contributed by atoms with E-state index in [1.807, 2.05) is 30.3 Å². The van der Waals surface area contributed by atoms with Crippen molar-refractivity contribution in [3.8, 4) is 5.75 Å². The standard InChI is InChI=1S/C23H23F2N3O3/c24-23(25)31-20-10-4-2-7-17(20)22(30)28-13-5-9-19(28)21(29)26-12-11-16-14-15-6-1-3-8-18(15)27-16/h1-4,6-8,10,14,19,23,27H,5,9,11-13H2,(H,26,29). The lowest BCUT2D eigenvalue weighted by atomic mass is 10.1. The summed E-state index contributed by atoms with van der Waals surface area (Å²) in [5.74, 6) is -0.911. The molecule has 4 rings (SSSR count). The van der Waals surface area contributed by atoms with Crippen LogP contribution >= 0.6 is 0 Å². The highest BCUT2D eigenvalue weighted by molar-refractivity contribution is 6.00. The molecule has 3 aromatic rings. The van der Waals surface area contributed by atoms with Crippen LogP contribution in [0.1, 0.15) is 28.9 Å². The summed E-state index contributed by atoms with van der Waals surface area (Å²) in [6, 6.07) is 15.2. The van der Waals surface area contributed by atoms with Crippen LogP contribution in [0.2, 0.25) is 0 Å². The summed E-state index contributed by atoms with van der Waals surface area (Å²) in [5, 5.41) is 4.01. The van der Waals surface area contributed by atoms with Crippen molar-refractivity contribution in [1.82, 2.24) is 15.2 Å². The summed E-state index contributed by atoms with van der Waals surface area (Å²) >= 11 is 0. The lowest BCUT2D eigenvalue weighted by molar-refractivity contribution is -0.124. The number of benzene rings is 2. The first kappa shape index (κ1) is 20.8. The molecular weight excluding hydrogens is 404 g/mol. The van der Waals surface area contributed by atoms with Gasteiger partial charge in [-0.25, -0.2) is 0 Å². The smallest absolute Gasteiger partial charge is 0.387 e. The summed E-state index contributed by atoms with van der Waals surface area (Å²) < 4.78 is 29.8. The number of hydrogen-bond donors (Lipinski definition) is 2. The molecular formula is C23H23F2N3O3. The largest absolute Gasteiger partial charge is 0.434 e. The number of ether oxygens (including phenoxy) is 1. The summed E-state index contributed by atoms with van der Waals surface area (Å²) in [4.78, 5) is 30.5. The number of rotatable bonds is 7. The van der Waals surface area contributed by atoms with Crippen LogP contribution in [0.3, 0.4) is 0 Å². The van der Waals surface area contributed by atoms with Crippen LogP contribution in [0.25, 0.3) is 10.9 Å². The number of carbonyl (C=O) groups excluding carboxylic acids is 2. The van der Waals surface area contributed by atoms with E-state index in [4.69, 9.17) is 0 Å². The Labute approximate surface area is 178 Å². The highest BCUT2D eigenvalue weighted by Crippen LogP contribution is 2.26. The van der Waals surface area contributed by atoms with Crippen molar-refractivity contribution >= 4 is 22.7 Å². The minimum atomic E-state index is -3.03. The van der Waals surface area contributed by atoms with Crippen LogP contribution in [0.4, 0.5) is 8.78 Å². The van der Waals surface area contributed by atoms with Gasteiger partial charge in [0, 0.05) is 30.7 Å². The van der Waals surface area contributed by atoms with Gasteiger partial charge in [0.1, 0.15) is 11.8 Å². The number of hydrogen-bond acceptors (Lipinski definition) is 3. The third-order valence-corrected chi connectivity index (χ3v) is 5.43. The molecule has 2 aromatic carbocycles. The van der Waals surface area contributed by atoms with Crippen molar-refractivity contribution in [3.05, 3.63) is 65.9 Å². The number of alkyl halides is 2. The Hall–Kier alpha value is -3.42. The van der Waals surface area contributed by atoms with Crippen molar-refractivity contribution < 1.29 is 23.1 Å². The number of nitrogens with zero attached hydrogens (tertiary/aromatic N) is 1. The average molecular weight is 427 g/mol. The molecule has 6 nitrogen and oxygen atoms in total. The topological polar surface area (TPSA) is 74.4 Å². The van der Waals surface area contributed by atoms with Gasteiger partial charge in [0.25, 0.3) is 5.91 Å². The number of carbonyl (C=O) groups is 2. The summed E-state index contributed by atoms with van der Waals surface area (Å²) in [6.07, 6.45) is 1.83. The maximum atomic E-state index is 13.0. The highest BCUT2D eigenvalue weighted by Gasteiger charge is 2.35. The van der Waals surface area contributed by atoms with Gasteiger partial charge in [-0.2, -0.15) is 8.78 Å². The fourth-order valence-corrected chi connectivity index (χ4v) is 3.99. The van der Waals surface area contributed by atoms with Crippen LogP contribution in [0.5, 0.6) is 5.75 Å². The lowest BCUT2D eigenvalue weighted by Crippen LogP contribution is -2.46. The van der Waals surface area contributed by atoms with Gasteiger partial charge in [-0.15, -0.1) is 0 Å². The zero-order valence-corrected chi connectivity index (χ0v) is 16.8. The fourth-order valence-electron chi connectivity index (χ4n) is 3.99. The predicted octanol–water partition coefficient (Wildman–Crippen LogP) is 3.73. The monoisotopic (exact) mass is 427 g/mol. The molecule has 0 radical (unpaired) electrons. The van der Waals surface area contributed by atoms with Crippen molar-refractivity contribution in [3.63, 3.8) is 0 Å². The number of amides is 2. The van der Waals surface area contributed by atoms with E-state index in [0.717, 1.165) is 16.6 Å². The van der Waals surface area contributed by atoms with Crippen LogP contribution in [-0.2, 0) is 11.2 Å². The predicted molar refractivity (Wildman–Crippen MR) is 112 cm³/mol. The Kier molecular flexibility index (Phi) is 6.16. The molecule has 1 atom stereocenters. The zero-order valence-electron chi connectivity index (χ0n) is 16.8. The maximum Gasteiger partial charge on any atom is 0.387 e. The average Bonchev–Trinajstić information content (AvgIpc) is 3.40. The molecule has 2 amide bonds. The van der Waals surface area contributed by atoms with Crippen molar-refractivity contribution in [2.24, 2.45) is 0 Å². The van der Waals surface area contributed by atoms with E-state index in [9.17, 15) is 18.4 Å². The van der Waals surface area contributed by atoms with Crippen LogP contribution < -0.4 is 10.1 Å². The molecule has 2 N–H and O–H groups in total. The molecule has 1 aliphatic rings. The molecule has 8 heteroatoms.